The Kier molecular flexibility index (Phi) is 17.2. The van der Waals surface area contributed by atoms with Crippen molar-refractivity contribution in [3.05, 3.63) is 12.2 Å². The van der Waals surface area contributed by atoms with Crippen LogP contribution in [0.1, 0.15) is 111 Å². The largest absolute Gasteiger partial charge is 0.480 e. The van der Waals surface area contributed by atoms with E-state index in [1.54, 1.807) is 13.8 Å². The van der Waals surface area contributed by atoms with Gasteiger partial charge in [0.1, 0.15) is 6.04 Å². The standard InChI is InChI=1S/C23H43NO3/c1-4-5-6-7-8-9-10-11-12-13-14-15-16-17-18-19-21(25)24-22(20(2)3)23(26)27/h11-12,20,22H,4-10,13-19H2,1-3H3,(H,24,25)(H,26,27)/b12-11+. The van der Waals surface area contributed by atoms with Crippen LogP contribution in [-0.4, -0.2) is 23.0 Å². The van der Waals surface area contributed by atoms with Gasteiger partial charge in [-0.25, -0.2) is 4.79 Å². The molecule has 0 aliphatic heterocycles. The number of hydrogen-bond acceptors (Lipinski definition) is 2. The molecule has 0 spiro atoms. The molecule has 0 aliphatic carbocycles. The predicted octanol–water partition coefficient (Wildman–Crippen LogP) is 6.25. The summed E-state index contributed by atoms with van der Waals surface area (Å²) in [6.07, 6.45) is 21.0. The summed E-state index contributed by atoms with van der Waals surface area (Å²) in [5.74, 6) is -1.20. The summed E-state index contributed by atoms with van der Waals surface area (Å²) in [5, 5.41) is 11.7. The fraction of sp³-hybridized carbons (Fsp3) is 0.826. The van der Waals surface area contributed by atoms with Crippen LogP contribution in [0.15, 0.2) is 12.2 Å². The van der Waals surface area contributed by atoms with Gasteiger partial charge in [-0.15, -0.1) is 0 Å². The molecule has 0 aromatic carbocycles. The number of carbonyl (C=O) groups excluding carboxylic acids is 1. The zero-order chi connectivity index (χ0) is 20.3. The lowest BCUT2D eigenvalue weighted by Gasteiger charge is -2.17. The van der Waals surface area contributed by atoms with Crippen molar-refractivity contribution in [1.82, 2.24) is 5.32 Å². The van der Waals surface area contributed by atoms with Crippen molar-refractivity contribution in [3.63, 3.8) is 0 Å². The zero-order valence-electron chi connectivity index (χ0n) is 18.0. The Labute approximate surface area is 167 Å². The highest BCUT2D eigenvalue weighted by atomic mass is 16.4. The van der Waals surface area contributed by atoms with Crippen molar-refractivity contribution in [3.8, 4) is 0 Å². The Morgan fingerprint density at radius 2 is 1.30 bits per heavy atom. The molecule has 27 heavy (non-hydrogen) atoms. The monoisotopic (exact) mass is 381 g/mol. The van der Waals surface area contributed by atoms with E-state index >= 15 is 0 Å². The number of carbonyl (C=O) groups is 2. The molecule has 0 saturated carbocycles. The Hall–Kier alpha value is -1.32. The molecule has 0 aromatic heterocycles. The van der Waals surface area contributed by atoms with Gasteiger partial charge in [0.05, 0.1) is 0 Å². The van der Waals surface area contributed by atoms with E-state index in [-0.39, 0.29) is 11.8 Å². The maximum absolute atomic E-state index is 11.8. The highest BCUT2D eigenvalue weighted by molar-refractivity contribution is 5.83. The van der Waals surface area contributed by atoms with Gasteiger partial charge in [0, 0.05) is 6.42 Å². The minimum absolute atomic E-state index is 0.0967. The fourth-order valence-corrected chi connectivity index (χ4v) is 3.12. The molecule has 158 valence electrons. The van der Waals surface area contributed by atoms with Crippen LogP contribution in [0.3, 0.4) is 0 Å². The number of hydrogen-bond donors (Lipinski definition) is 2. The van der Waals surface area contributed by atoms with Crippen molar-refractivity contribution in [2.75, 3.05) is 0 Å². The summed E-state index contributed by atoms with van der Waals surface area (Å²) in [6, 6.07) is -0.777. The van der Waals surface area contributed by atoms with Gasteiger partial charge in [0.15, 0.2) is 0 Å². The zero-order valence-corrected chi connectivity index (χ0v) is 18.0. The lowest BCUT2D eigenvalue weighted by atomic mass is 10.0. The molecule has 1 unspecified atom stereocenters. The Bertz CT molecular complexity index is 404. The molecule has 0 bridgehead atoms. The number of nitrogens with one attached hydrogen (secondary N) is 1. The van der Waals surface area contributed by atoms with Gasteiger partial charge in [-0.1, -0.05) is 84.3 Å². The van der Waals surface area contributed by atoms with Crippen LogP contribution in [0, 0.1) is 5.92 Å². The summed E-state index contributed by atoms with van der Waals surface area (Å²) < 4.78 is 0. The quantitative estimate of drug-likeness (QED) is 0.218. The van der Waals surface area contributed by atoms with Gasteiger partial charge in [-0.05, 0) is 38.0 Å². The summed E-state index contributed by atoms with van der Waals surface area (Å²) in [5.41, 5.74) is 0. The summed E-state index contributed by atoms with van der Waals surface area (Å²) in [6.45, 7) is 5.87. The Morgan fingerprint density at radius 3 is 1.78 bits per heavy atom. The molecule has 4 heteroatoms. The average Bonchev–Trinajstić information content (AvgIpc) is 2.62. The number of aliphatic carboxylic acids is 1. The molecule has 1 atom stereocenters. The van der Waals surface area contributed by atoms with Crippen molar-refractivity contribution in [1.29, 1.82) is 0 Å². The minimum atomic E-state index is -0.956. The third-order valence-corrected chi connectivity index (χ3v) is 4.91. The van der Waals surface area contributed by atoms with Crippen LogP contribution in [0.2, 0.25) is 0 Å². The molecule has 1 amide bonds. The van der Waals surface area contributed by atoms with E-state index in [9.17, 15) is 9.59 Å². The first-order chi connectivity index (χ1) is 13.0. The summed E-state index contributed by atoms with van der Waals surface area (Å²) >= 11 is 0. The molecule has 4 nitrogen and oxygen atoms in total. The minimum Gasteiger partial charge on any atom is -0.480 e. The second-order valence-electron chi connectivity index (χ2n) is 7.96. The van der Waals surface area contributed by atoms with Crippen molar-refractivity contribution >= 4 is 11.9 Å². The maximum Gasteiger partial charge on any atom is 0.326 e. The molecule has 0 fully saturated rings. The number of carboxylic acid groups (broad SMARTS) is 1. The first-order valence-corrected chi connectivity index (χ1v) is 11.2. The third-order valence-electron chi connectivity index (χ3n) is 4.91. The summed E-state index contributed by atoms with van der Waals surface area (Å²) in [4.78, 5) is 22.9. The molecule has 0 heterocycles. The van der Waals surface area contributed by atoms with Gasteiger partial charge in [-0.2, -0.15) is 0 Å². The second kappa shape index (κ2) is 18.1. The second-order valence-corrected chi connectivity index (χ2v) is 7.96. The van der Waals surface area contributed by atoms with E-state index in [1.807, 2.05) is 0 Å². The van der Waals surface area contributed by atoms with Crippen LogP contribution in [0.5, 0.6) is 0 Å². The maximum atomic E-state index is 11.8. The number of allylic oxidation sites excluding steroid dienone is 2. The van der Waals surface area contributed by atoms with Crippen molar-refractivity contribution in [2.24, 2.45) is 5.92 Å². The number of carboxylic acids is 1. The van der Waals surface area contributed by atoms with E-state index in [0.29, 0.717) is 6.42 Å². The molecule has 0 aliphatic rings. The smallest absolute Gasteiger partial charge is 0.326 e. The highest BCUT2D eigenvalue weighted by Crippen LogP contribution is 2.10. The third kappa shape index (κ3) is 16.6. The van der Waals surface area contributed by atoms with Gasteiger partial charge in [0.25, 0.3) is 0 Å². The van der Waals surface area contributed by atoms with Gasteiger partial charge >= 0.3 is 5.97 Å². The van der Waals surface area contributed by atoms with Crippen LogP contribution >= 0.6 is 0 Å². The van der Waals surface area contributed by atoms with Crippen molar-refractivity contribution in [2.45, 2.75) is 117 Å². The van der Waals surface area contributed by atoms with Crippen LogP contribution in [-0.2, 0) is 9.59 Å². The normalized spacial score (nSPS) is 12.6. The Morgan fingerprint density at radius 1 is 0.815 bits per heavy atom. The van der Waals surface area contributed by atoms with Gasteiger partial charge in [0.2, 0.25) is 5.91 Å². The molecule has 2 N–H and O–H groups in total. The lowest BCUT2D eigenvalue weighted by molar-refractivity contribution is -0.143. The van der Waals surface area contributed by atoms with E-state index in [1.165, 1.54) is 57.8 Å². The van der Waals surface area contributed by atoms with Crippen LogP contribution in [0.25, 0.3) is 0 Å². The van der Waals surface area contributed by atoms with E-state index in [4.69, 9.17) is 5.11 Å². The highest BCUT2D eigenvalue weighted by Gasteiger charge is 2.22. The number of unbranched alkanes of at least 4 members (excludes halogenated alkanes) is 11. The number of rotatable bonds is 18. The topological polar surface area (TPSA) is 66.4 Å². The average molecular weight is 382 g/mol. The fourth-order valence-electron chi connectivity index (χ4n) is 3.12. The van der Waals surface area contributed by atoms with Crippen LogP contribution in [0.4, 0.5) is 0 Å². The summed E-state index contributed by atoms with van der Waals surface area (Å²) in [7, 11) is 0. The van der Waals surface area contributed by atoms with E-state index in [2.05, 4.69) is 24.4 Å². The first-order valence-electron chi connectivity index (χ1n) is 11.2. The van der Waals surface area contributed by atoms with Gasteiger partial charge in [-0.3, -0.25) is 4.79 Å². The molecule has 0 aromatic rings. The SMILES string of the molecule is CCCCCCCC/C=C/CCCCCCCC(=O)NC(C(=O)O)C(C)C. The van der Waals surface area contributed by atoms with Crippen LogP contribution < -0.4 is 5.32 Å². The van der Waals surface area contributed by atoms with E-state index < -0.39 is 12.0 Å². The molecular weight excluding hydrogens is 338 g/mol. The van der Waals surface area contributed by atoms with Crippen molar-refractivity contribution < 1.29 is 14.7 Å². The molecule has 0 saturated heterocycles. The van der Waals surface area contributed by atoms with E-state index in [0.717, 1.165) is 25.7 Å². The molecule has 0 rings (SSSR count). The first kappa shape index (κ1) is 25.7. The Balaban J connectivity index is 3.45. The predicted molar refractivity (Wildman–Crippen MR) is 114 cm³/mol. The molecular formula is C23H43NO3. The lowest BCUT2D eigenvalue weighted by Crippen LogP contribution is -2.44. The molecule has 0 radical (unpaired) electrons. The number of amides is 1. The van der Waals surface area contributed by atoms with Gasteiger partial charge < -0.3 is 10.4 Å².